The minimum atomic E-state index is -1.06. The van der Waals surface area contributed by atoms with Crippen LogP contribution in [0.2, 0.25) is 0 Å². The molecule has 5 nitrogen and oxygen atoms in total. The summed E-state index contributed by atoms with van der Waals surface area (Å²) in [7, 11) is 0. The molecule has 0 saturated carbocycles. The van der Waals surface area contributed by atoms with Gasteiger partial charge in [0, 0.05) is 18.3 Å². The summed E-state index contributed by atoms with van der Waals surface area (Å²) in [6.07, 6.45) is 0.481. The standard InChI is InChI=1S/C13H9BrFN3O2S/c14-11-7(5-16)1-2-8(12(11)15)17-4-3-10-18-9(6-21-10)13(19)20/h1-2,6,17H,3-4H2,(H,19,20). The Bertz CT molecular complexity index is 727. The molecule has 0 unspecified atom stereocenters. The zero-order valence-corrected chi connectivity index (χ0v) is 13.0. The molecule has 2 rings (SSSR count). The lowest BCUT2D eigenvalue weighted by molar-refractivity contribution is 0.0691. The van der Waals surface area contributed by atoms with Gasteiger partial charge in [-0.15, -0.1) is 11.3 Å². The summed E-state index contributed by atoms with van der Waals surface area (Å²) in [5, 5.41) is 22.6. The number of carbonyl (C=O) groups is 1. The molecule has 0 bridgehead atoms. The Morgan fingerprint density at radius 1 is 1.57 bits per heavy atom. The van der Waals surface area contributed by atoms with Gasteiger partial charge in [-0.25, -0.2) is 14.2 Å². The molecule has 1 aromatic heterocycles. The van der Waals surface area contributed by atoms with Crippen LogP contribution >= 0.6 is 27.3 Å². The van der Waals surface area contributed by atoms with E-state index in [4.69, 9.17) is 10.4 Å². The van der Waals surface area contributed by atoms with Gasteiger partial charge in [0.15, 0.2) is 11.5 Å². The number of carboxylic acid groups (broad SMARTS) is 1. The van der Waals surface area contributed by atoms with Crippen molar-refractivity contribution in [2.75, 3.05) is 11.9 Å². The number of nitrogens with one attached hydrogen (secondary N) is 1. The lowest BCUT2D eigenvalue weighted by Gasteiger charge is -2.08. The summed E-state index contributed by atoms with van der Waals surface area (Å²) in [4.78, 5) is 14.6. The fourth-order valence-corrected chi connectivity index (χ4v) is 2.81. The SMILES string of the molecule is N#Cc1ccc(NCCc2nc(C(=O)O)cs2)c(F)c1Br. The summed E-state index contributed by atoms with van der Waals surface area (Å²) in [5.41, 5.74) is 0.516. The van der Waals surface area contributed by atoms with Gasteiger partial charge in [-0.1, -0.05) is 0 Å². The van der Waals surface area contributed by atoms with Gasteiger partial charge in [-0.3, -0.25) is 0 Å². The molecule has 21 heavy (non-hydrogen) atoms. The van der Waals surface area contributed by atoms with Crippen molar-refractivity contribution in [1.82, 2.24) is 4.98 Å². The van der Waals surface area contributed by atoms with Gasteiger partial charge < -0.3 is 10.4 Å². The molecule has 0 fully saturated rings. The second-order valence-electron chi connectivity index (χ2n) is 4.01. The zero-order chi connectivity index (χ0) is 15.4. The number of anilines is 1. The van der Waals surface area contributed by atoms with Crippen LogP contribution in [-0.2, 0) is 6.42 Å². The molecule has 0 atom stereocenters. The third-order valence-corrected chi connectivity index (χ3v) is 4.31. The van der Waals surface area contributed by atoms with Crippen LogP contribution in [0.4, 0.5) is 10.1 Å². The molecule has 1 aromatic carbocycles. The molecule has 8 heteroatoms. The van der Waals surface area contributed by atoms with Crippen molar-refractivity contribution in [1.29, 1.82) is 5.26 Å². The van der Waals surface area contributed by atoms with E-state index in [1.165, 1.54) is 28.8 Å². The molecule has 0 amide bonds. The number of nitrogens with zero attached hydrogens (tertiary/aromatic N) is 2. The van der Waals surface area contributed by atoms with Crippen LogP contribution in [0.3, 0.4) is 0 Å². The number of thiazole rings is 1. The first-order valence-electron chi connectivity index (χ1n) is 5.82. The minimum Gasteiger partial charge on any atom is -0.476 e. The van der Waals surface area contributed by atoms with Crippen molar-refractivity contribution in [2.45, 2.75) is 6.42 Å². The topological polar surface area (TPSA) is 86.0 Å². The van der Waals surface area contributed by atoms with Crippen LogP contribution in [0.15, 0.2) is 22.0 Å². The van der Waals surface area contributed by atoms with Crippen LogP contribution in [0.5, 0.6) is 0 Å². The van der Waals surface area contributed by atoms with Gasteiger partial charge in [0.1, 0.15) is 6.07 Å². The molecule has 108 valence electrons. The van der Waals surface area contributed by atoms with Gasteiger partial charge in [0.05, 0.1) is 20.7 Å². The van der Waals surface area contributed by atoms with Crippen molar-refractivity contribution < 1.29 is 14.3 Å². The largest absolute Gasteiger partial charge is 0.476 e. The average Bonchev–Trinajstić information content (AvgIpc) is 2.93. The van der Waals surface area contributed by atoms with Crippen LogP contribution in [0.1, 0.15) is 21.1 Å². The predicted octanol–water partition coefficient (Wildman–Crippen LogP) is 3.27. The maximum Gasteiger partial charge on any atom is 0.355 e. The Morgan fingerprint density at radius 2 is 2.33 bits per heavy atom. The Hall–Kier alpha value is -1.98. The lowest BCUT2D eigenvalue weighted by atomic mass is 10.2. The first kappa shape index (κ1) is 15.4. The fraction of sp³-hybridized carbons (Fsp3) is 0.154. The third kappa shape index (κ3) is 3.56. The smallest absolute Gasteiger partial charge is 0.355 e. The van der Waals surface area contributed by atoms with E-state index in [1.807, 2.05) is 6.07 Å². The first-order valence-corrected chi connectivity index (χ1v) is 7.50. The van der Waals surface area contributed by atoms with E-state index in [2.05, 4.69) is 26.2 Å². The van der Waals surface area contributed by atoms with Gasteiger partial charge in [0.25, 0.3) is 0 Å². The van der Waals surface area contributed by atoms with Gasteiger partial charge in [-0.05, 0) is 28.1 Å². The van der Waals surface area contributed by atoms with Gasteiger partial charge in [0.2, 0.25) is 0 Å². The Labute approximate surface area is 132 Å². The number of rotatable bonds is 5. The number of aromatic nitrogens is 1. The van der Waals surface area contributed by atoms with E-state index in [-0.39, 0.29) is 21.4 Å². The van der Waals surface area contributed by atoms with Crippen LogP contribution in [0, 0.1) is 17.1 Å². The minimum absolute atomic E-state index is 0.0160. The molecule has 0 aliphatic carbocycles. The molecule has 1 heterocycles. The average molecular weight is 370 g/mol. The number of nitriles is 1. The molecule has 2 N–H and O–H groups in total. The Kier molecular flexibility index (Phi) is 4.88. The van der Waals surface area contributed by atoms with E-state index in [0.717, 1.165) is 0 Å². The normalized spacial score (nSPS) is 10.1. The zero-order valence-electron chi connectivity index (χ0n) is 10.6. The number of hydrogen-bond acceptors (Lipinski definition) is 5. The summed E-state index contributed by atoms with van der Waals surface area (Å²) in [6.45, 7) is 0.405. The molecule has 0 radical (unpaired) electrons. The molecule has 2 aromatic rings. The lowest BCUT2D eigenvalue weighted by Crippen LogP contribution is -2.07. The van der Waals surface area contributed by atoms with E-state index in [9.17, 15) is 9.18 Å². The molecule has 0 aliphatic rings. The maximum absolute atomic E-state index is 13.9. The summed E-state index contributed by atoms with van der Waals surface area (Å²) >= 11 is 4.28. The second kappa shape index (κ2) is 6.65. The quantitative estimate of drug-likeness (QED) is 0.844. The van der Waals surface area contributed by atoms with E-state index in [1.54, 1.807) is 0 Å². The first-order chi connectivity index (χ1) is 10.0. The third-order valence-electron chi connectivity index (χ3n) is 2.63. The van der Waals surface area contributed by atoms with Crippen LogP contribution in [-0.4, -0.2) is 22.6 Å². The molecule has 0 spiro atoms. The predicted molar refractivity (Wildman–Crippen MR) is 80.1 cm³/mol. The summed E-state index contributed by atoms with van der Waals surface area (Å²) < 4.78 is 14.1. The van der Waals surface area contributed by atoms with E-state index in [0.29, 0.717) is 18.0 Å². The highest BCUT2D eigenvalue weighted by Gasteiger charge is 2.11. The van der Waals surface area contributed by atoms with Gasteiger partial charge in [-0.2, -0.15) is 5.26 Å². The number of aromatic carboxylic acids is 1. The highest BCUT2D eigenvalue weighted by molar-refractivity contribution is 9.10. The number of halogens is 2. The monoisotopic (exact) mass is 369 g/mol. The fourth-order valence-electron chi connectivity index (χ4n) is 1.60. The number of benzene rings is 1. The highest BCUT2D eigenvalue weighted by Crippen LogP contribution is 2.26. The van der Waals surface area contributed by atoms with E-state index >= 15 is 0 Å². The van der Waals surface area contributed by atoms with Crippen LogP contribution in [0.25, 0.3) is 0 Å². The van der Waals surface area contributed by atoms with Crippen molar-refractivity contribution in [3.63, 3.8) is 0 Å². The number of carboxylic acids is 1. The Balaban J connectivity index is 1.99. The van der Waals surface area contributed by atoms with Crippen molar-refractivity contribution in [3.05, 3.63) is 44.1 Å². The van der Waals surface area contributed by atoms with Crippen LogP contribution < -0.4 is 5.32 Å². The Morgan fingerprint density at radius 3 is 2.95 bits per heavy atom. The molecule has 0 aliphatic heterocycles. The summed E-state index contributed by atoms with van der Waals surface area (Å²) in [6, 6.07) is 4.88. The molecule has 0 saturated heterocycles. The van der Waals surface area contributed by atoms with Crippen molar-refractivity contribution >= 4 is 38.9 Å². The van der Waals surface area contributed by atoms with Crippen molar-refractivity contribution in [2.24, 2.45) is 0 Å². The number of hydrogen-bond donors (Lipinski definition) is 2. The summed E-state index contributed by atoms with van der Waals surface area (Å²) in [5.74, 6) is -1.59. The van der Waals surface area contributed by atoms with Gasteiger partial charge >= 0.3 is 5.97 Å². The molecular formula is C13H9BrFN3O2S. The van der Waals surface area contributed by atoms with Crippen molar-refractivity contribution in [3.8, 4) is 6.07 Å². The molecular weight excluding hydrogens is 361 g/mol. The van der Waals surface area contributed by atoms with E-state index < -0.39 is 11.8 Å². The maximum atomic E-state index is 13.9. The highest BCUT2D eigenvalue weighted by atomic mass is 79.9. The second-order valence-corrected chi connectivity index (χ2v) is 5.74.